The fourth-order valence-corrected chi connectivity index (χ4v) is 7.32. The number of allylic oxidation sites excluding steroid dienone is 4. The largest absolute Gasteiger partial charge is 0.144 e. The molecule has 0 amide bonds. The zero-order valence-electron chi connectivity index (χ0n) is 15.0. The number of rotatable bonds is 5. The molecule has 3 aromatic heterocycles. The molecule has 0 saturated carbocycles. The first-order chi connectivity index (χ1) is 13.2. The first kappa shape index (κ1) is 19.1. The molecule has 0 N–H and O–H groups in total. The Hall–Kier alpha value is -1.24. The van der Waals surface area contributed by atoms with Gasteiger partial charge in [0.25, 0.3) is 0 Å². The van der Waals surface area contributed by atoms with Gasteiger partial charge in [0, 0.05) is 29.3 Å². The van der Waals surface area contributed by atoms with Crippen molar-refractivity contribution >= 4 is 68.0 Å². The smallest absolute Gasteiger partial charge is 0.0449 e. The lowest BCUT2D eigenvalue weighted by atomic mass is 10.2. The van der Waals surface area contributed by atoms with Gasteiger partial charge < -0.3 is 0 Å². The van der Waals surface area contributed by atoms with Gasteiger partial charge in [0.1, 0.15) is 0 Å². The molecule has 0 nitrogen and oxygen atoms in total. The maximum absolute atomic E-state index is 2.26. The third-order valence-corrected chi connectivity index (χ3v) is 9.64. The lowest BCUT2D eigenvalue weighted by Gasteiger charge is -2.13. The Morgan fingerprint density at radius 1 is 0.778 bits per heavy atom. The van der Waals surface area contributed by atoms with Gasteiger partial charge in [-0.05, 0) is 70.8 Å². The molecule has 1 aliphatic rings. The quantitative estimate of drug-likeness (QED) is 0.361. The summed E-state index contributed by atoms with van der Waals surface area (Å²) in [5.74, 6) is 0. The summed E-state index contributed by atoms with van der Waals surface area (Å²) in [6, 6.07) is 13.1. The van der Waals surface area contributed by atoms with Gasteiger partial charge in [0.2, 0.25) is 0 Å². The average molecular weight is 443 g/mol. The van der Waals surface area contributed by atoms with Gasteiger partial charge in [0.15, 0.2) is 0 Å². The van der Waals surface area contributed by atoms with Crippen molar-refractivity contribution < 1.29 is 0 Å². The summed E-state index contributed by atoms with van der Waals surface area (Å²) in [4.78, 5) is 8.06. The van der Waals surface area contributed by atoms with Crippen LogP contribution >= 0.6 is 57.5 Å². The number of thiophene rings is 3. The summed E-state index contributed by atoms with van der Waals surface area (Å²) in [6.07, 6.45) is 4.47. The molecule has 0 spiro atoms. The van der Waals surface area contributed by atoms with Crippen LogP contribution in [0.2, 0.25) is 0 Å². The molecule has 0 fully saturated rings. The molecule has 136 valence electrons. The number of hydrogen-bond donors (Lipinski definition) is 0. The second-order valence-electron chi connectivity index (χ2n) is 6.02. The van der Waals surface area contributed by atoms with E-state index in [2.05, 4.69) is 84.0 Å². The van der Waals surface area contributed by atoms with Gasteiger partial charge in [-0.1, -0.05) is 36.0 Å². The molecule has 0 saturated heterocycles. The summed E-state index contributed by atoms with van der Waals surface area (Å²) in [5.41, 5.74) is 2.62. The molecular formula is C22H18S5. The highest BCUT2D eigenvalue weighted by molar-refractivity contribution is 8.16. The fourth-order valence-electron chi connectivity index (χ4n) is 2.54. The zero-order valence-corrected chi connectivity index (χ0v) is 19.1. The number of hydrogen-bond acceptors (Lipinski definition) is 5. The average Bonchev–Trinajstić information content (AvgIpc) is 3.47. The Balaban J connectivity index is 1.48. The van der Waals surface area contributed by atoms with Gasteiger partial charge in [-0.15, -0.1) is 45.8 Å². The van der Waals surface area contributed by atoms with E-state index < -0.39 is 0 Å². The van der Waals surface area contributed by atoms with Crippen LogP contribution in [0.5, 0.6) is 0 Å². The van der Waals surface area contributed by atoms with Crippen LogP contribution in [0, 0.1) is 0 Å². The molecule has 0 aliphatic carbocycles. The maximum Gasteiger partial charge on any atom is 0.0449 e. The predicted molar refractivity (Wildman–Crippen MR) is 131 cm³/mol. The SMILES string of the molecule is C/C(=C\C=C(/C)c1cccs1)C1=CSC=C(c2ccc(-c3cccs3)s2)S1. The molecule has 0 atom stereocenters. The van der Waals surface area contributed by atoms with Crippen molar-refractivity contribution in [1.82, 2.24) is 0 Å². The first-order valence-electron chi connectivity index (χ1n) is 8.48. The molecule has 4 rings (SSSR count). The predicted octanol–water partition coefficient (Wildman–Crippen LogP) is 9.21. The van der Waals surface area contributed by atoms with Crippen LogP contribution in [0.4, 0.5) is 0 Å². The Morgan fingerprint density at radius 2 is 1.56 bits per heavy atom. The van der Waals surface area contributed by atoms with E-state index in [9.17, 15) is 0 Å². The highest BCUT2D eigenvalue weighted by atomic mass is 32.2. The van der Waals surface area contributed by atoms with Crippen molar-refractivity contribution in [2.45, 2.75) is 13.8 Å². The van der Waals surface area contributed by atoms with E-state index >= 15 is 0 Å². The van der Waals surface area contributed by atoms with Gasteiger partial charge in [0.05, 0.1) is 0 Å². The molecule has 0 radical (unpaired) electrons. The van der Waals surface area contributed by atoms with Crippen LogP contribution in [0.15, 0.2) is 80.6 Å². The summed E-state index contributed by atoms with van der Waals surface area (Å²) < 4.78 is 0. The zero-order chi connectivity index (χ0) is 18.6. The molecule has 3 aromatic rings. The van der Waals surface area contributed by atoms with Crippen molar-refractivity contribution in [1.29, 1.82) is 0 Å². The molecule has 4 heterocycles. The molecule has 27 heavy (non-hydrogen) atoms. The minimum absolute atomic E-state index is 1.31. The Bertz CT molecular complexity index is 1020. The van der Waals surface area contributed by atoms with Crippen molar-refractivity contribution in [2.24, 2.45) is 0 Å². The van der Waals surface area contributed by atoms with Gasteiger partial charge in [-0.2, -0.15) is 0 Å². The van der Waals surface area contributed by atoms with Gasteiger partial charge >= 0.3 is 0 Å². The van der Waals surface area contributed by atoms with Crippen molar-refractivity contribution in [2.75, 3.05) is 0 Å². The Morgan fingerprint density at radius 3 is 2.33 bits per heavy atom. The lowest BCUT2D eigenvalue weighted by Crippen LogP contribution is -1.85. The summed E-state index contributed by atoms with van der Waals surface area (Å²) in [6.45, 7) is 4.38. The standard InChI is InChI=1S/C22H18S5/c1-15(17-5-3-11-24-17)7-8-16(2)21-13-23-14-22(27-21)20-10-9-19(26-20)18-6-4-12-25-18/h3-14H,1-2H3/b15-7+,16-8+. The van der Waals surface area contributed by atoms with E-state index in [0.29, 0.717) is 0 Å². The molecule has 0 aromatic carbocycles. The maximum atomic E-state index is 2.26. The second-order valence-corrected chi connectivity index (χ2v) is 10.8. The molecule has 0 bridgehead atoms. The van der Waals surface area contributed by atoms with Crippen LogP contribution < -0.4 is 0 Å². The van der Waals surface area contributed by atoms with Crippen molar-refractivity contribution in [3.8, 4) is 9.75 Å². The third-order valence-electron chi connectivity index (χ3n) is 4.06. The molecular weight excluding hydrogens is 425 g/mol. The van der Waals surface area contributed by atoms with Crippen LogP contribution in [0.1, 0.15) is 23.6 Å². The van der Waals surface area contributed by atoms with E-state index in [-0.39, 0.29) is 0 Å². The van der Waals surface area contributed by atoms with Crippen LogP contribution in [-0.4, -0.2) is 0 Å². The number of thioether (sulfide) groups is 2. The molecule has 1 aliphatic heterocycles. The van der Waals surface area contributed by atoms with E-state index in [0.717, 1.165) is 0 Å². The summed E-state index contributed by atoms with van der Waals surface area (Å²) in [7, 11) is 0. The van der Waals surface area contributed by atoms with Gasteiger partial charge in [-0.3, -0.25) is 0 Å². The van der Waals surface area contributed by atoms with Crippen molar-refractivity contribution in [3.63, 3.8) is 0 Å². The molecule has 5 heteroatoms. The highest BCUT2D eigenvalue weighted by Crippen LogP contribution is 2.46. The fraction of sp³-hybridized carbons (Fsp3) is 0.0909. The topological polar surface area (TPSA) is 0 Å². The summed E-state index contributed by atoms with van der Waals surface area (Å²) in [5, 5.41) is 8.78. The highest BCUT2D eigenvalue weighted by Gasteiger charge is 2.14. The van der Waals surface area contributed by atoms with Crippen LogP contribution in [-0.2, 0) is 0 Å². The van der Waals surface area contributed by atoms with E-state index in [1.165, 1.54) is 40.5 Å². The summed E-state index contributed by atoms with van der Waals surface area (Å²) >= 11 is 9.12. The van der Waals surface area contributed by atoms with Crippen LogP contribution in [0.25, 0.3) is 20.2 Å². The second kappa shape index (κ2) is 8.84. The van der Waals surface area contributed by atoms with E-state index in [1.54, 1.807) is 34.4 Å². The minimum Gasteiger partial charge on any atom is -0.144 e. The minimum atomic E-state index is 1.31. The first-order valence-corrected chi connectivity index (χ1v) is 12.8. The normalized spacial score (nSPS) is 15.6. The van der Waals surface area contributed by atoms with Crippen LogP contribution in [0.3, 0.4) is 0 Å². The Labute approximate surface area is 181 Å². The van der Waals surface area contributed by atoms with Crippen molar-refractivity contribution in [3.05, 3.63) is 90.4 Å². The van der Waals surface area contributed by atoms with Gasteiger partial charge in [-0.25, -0.2) is 0 Å². The Kier molecular flexibility index (Phi) is 6.25. The van der Waals surface area contributed by atoms with E-state index in [4.69, 9.17) is 0 Å². The lowest BCUT2D eigenvalue weighted by molar-refractivity contribution is 1.50. The molecule has 0 unspecified atom stereocenters. The van der Waals surface area contributed by atoms with E-state index in [1.807, 2.05) is 23.1 Å². The monoisotopic (exact) mass is 442 g/mol. The third kappa shape index (κ3) is 4.61.